The second kappa shape index (κ2) is 5.34. The number of carboxylic acid groups (broad SMARTS) is 1. The number of tetrazole rings is 1. The number of aromatic nitrogens is 4. The first-order valence-corrected chi connectivity index (χ1v) is 5.34. The van der Waals surface area contributed by atoms with Gasteiger partial charge in [0.2, 0.25) is 0 Å². The van der Waals surface area contributed by atoms with Gasteiger partial charge in [0.05, 0.1) is 26.7 Å². The number of benzene rings is 1. The van der Waals surface area contributed by atoms with Crippen molar-refractivity contribution in [3.8, 4) is 22.9 Å². The normalized spacial score (nSPS) is 10.2. The summed E-state index contributed by atoms with van der Waals surface area (Å²) in [6.07, 6.45) is 0. The topological polar surface area (TPSA) is 102 Å². The lowest BCUT2D eigenvalue weighted by molar-refractivity contribution is -0.306. The van der Waals surface area contributed by atoms with Crippen LogP contribution in [0.2, 0.25) is 0 Å². The van der Waals surface area contributed by atoms with Crippen LogP contribution in [-0.2, 0) is 11.3 Å². The molecular weight excluding hydrogens is 252 g/mol. The van der Waals surface area contributed by atoms with Gasteiger partial charge in [0, 0.05) is 5.56 Å². The van der Waals surface area contributed by atoms with Crippen LogP contribution in [0.15, 0.2) is 18.2 Å². The number of aliphatic carboxylic acids is 1. The Kier molecular flexibility index (Phi) is 3.60. The maximum absolute atomic E-state index is 10.6. The first kappa shape index (κ1) is 12.8. The first-order valence-electron chi connectivity index (χ1n) is 5.34. The van der Waals surface area contributed by atoms with Gasteiger partial charge >= 0.3 is 0 Å². The largest absolute Gasteiger partial charge is 0.548 e. The third-order valence-corrected chi connectivity index (χ3v) is 2.45. The van der Waals surface area contributed by atoms with E-state index in [1.54, 1.807) is 18.2 Å². The van der Waals surface area contributed by atoms with Gasteiger partial charge in [-0.15, -0.1) is 5.10 Å². The van der Waals surface area contributed by atoms with Crippen molar-refractivity contribution in [2.75, 3.05) is 14.2 Å². The average molecular weight is 263 g/mol. The van der Waals surface area contributed by atoms with Crippen molar-refractivity contribution in [2.24, 2.45) is 0 Å². The van der Waals surface area contributed by atoms with Crippen LogP contribution in [0, 0.1) is 0 Å². The molecule has 2 aromatic rings. The Morgan fingerprint density at radius 1 is 1.32 bits per heavy atom. The lowest BCUT2D eigenvalue weighted by atomic mass is 10.2. The van der Waals surface area contributed by atoms with Gasteiger partial charge in [0.1, 0.15) is 0 Å². The number of methoxy groups -OCH3 is 2. The number of nitrogens with zero attached hydrogens (tertiary/aromatic N) is 4. The summed E-state index contributed by atoms with van der Waals surface area (Å²) in [5.41, 5.74) is 0.615. The average Bonchev–Trinajstić information content (AvgIpc) is 2.85. The Morgan fingerprint density at radius 3 is 2.68 bits per heavy atom. The lowest BCUT2D eigenvalue weighted by Gasteiger charge is -2.09. The molecule has 1 aromatic carbocycles. The van der Waals surface area contributed by atoms with Gasteiger partial charge in [0.25, 0.3) is 0 Å². The molecule has 0 radical (unpaired) electrons. The Labute approximate surface area is 108 Å². The zero-order valence-corrected chi connectivity index (χ0v) is 10.4. The molecule has 0 saturated heterocycles. The fourth-order valence-electron chi connectivity index (χ4n) is 1.62. The van der Waals surface area contributed by atoms with E-state index in [4.69, 9.17) is 9.47 Å². The van der Waals surface area contributed by atoms with E-state index in [9.17, 15) is 9.90 Å². The third-order valence-electron chi connectivity index (χ3n) is 2.45. The minimum Gasteiger partial charge on any atom is -0.548 e. The maximum atomic E-state index is 10.6. The number of ether oxygens (including phenoxy) is 2. The van der Waals surface area contributed by atoms with Crippen molar-refractivity contribution in [2.45, 2.75) is 6.54 Å². The van der Waals surface area contributed by atoms with Crippen LogP contribution >= 0.6 is 0 Å². The predicted octanol–water partition coefficient (Wildman–Crippen LogP) is -0.893. The van der Waals surface area contributed by atoms with E-state index < -0.39 is 12.5 Å². The van der Waals surface area contributed by atoms with E-state index in [1.165, 1.54) is 14.2 Å². The van der Waals surface area contributed by atoms with E-state index in [2.05, 4.69) is 15.5 Å². The molecule has 0 saturated carbocycles. The van der Waals surface area contributed by atoms with Crippen LogP contribution in [0.3, 0.4) is 0 Å². The van der Waals surface area contributed by atoms with E-state index >= 15 is 0 Å². The van der Waals surface area contributed by atoms with Crippen molar-refractivity contribution in [3.05, 3.63) is 18.2 Å². The number of rotatable bonds is 5. The van der Waals surface area contributed by atoms with Gasteiger partial charge in [-0.1, -0.05) is 0 Å². The summed E-state index contributed by atoms with van der Waals surface area (Å²) in [6, 6.07) is 5.06. The predicted molar refractivity (Wildman–Crippen MR) is 61.4 cm³/mol. The second-order valence-electron chi connectivity index (χ2n) is 3.60. The van der Waals surface area contributed by atoms with Crippen LogP contribution in [0.1, 0.15) is 0 Å². The molecular formula is C11H11N4O4-. The van der Waals surface area contributed by atoms with E-state index in [-0.39, 0.29) is 0 Å². The van der Waals surface area contributed by atoms with Crippen LogP contribution < -0.4 is 14.6 Å². The van der Waals surface area contributed by atoms with Crippen molar-refractivity contribution >= 4 is 5.97 Å². The quantitative estimate of drug-likeness (QED) is 0.689. The Bertz CT molecular complexity index is 596. The highest BCUT2D eigenvalue weighted by Crippen LogP contribution is 2.31. The van der Waals surface area contributed by atoms with E-state index in [0.717, 1.165) is 4.68 Å². The van der Waals surface area contributed by atoms with Crippen LogP contribution in [0.4, 0.5) is 0 Å². The molecule has 0 aliphatic heterocycles. The van der Waals surface area contributed by atoms with Gasteiger partial charge in [-0.05, 0) is 28.6 Å². The second-order valence-corrected chi connectivity index (χ2v) is 3.60. The van der Waals surface area contributed by atoms with Crippen LogP contribution in [-0.4, -0.2) is 40.4 Å². The molecule has 0 amide bonds. The zero-order valence-electron chi connectivity index (χ0n) is 10.4. The highest BCUT2D eigenvalue weighted by molar-refractivity contribution is 5.66. The molecule has 19 heavy (non-hydrogen) atoms. The number of hydrogen-bond acceptors (Lipinski definition) is 7. The monoisotopic (exact) mass is 263 g/mol. The Morgan fingerprint density at radius 2 is 2.05 bits per heavy atom. The Hall–Kier alpha value is -2.64. The number of carboxylic acids is 1. The van der Waals surface area contributed by atoms with Gasteiger partial charge in [0.15, 0.2) is 17.3 Å². The smallest absolute Gasteiger partial charge is 0.182 e. The molecule has 1 aromatic heterocycles. The summed E-state index contributed by atoms with van der Waals surface area (Å²) in [5, 5.41) is 21.4. The zero-order chi connectivity index (χ0) is 13.8. The third kappa shape index (κ3) is 2.62. The summed E-state index contributed by atoms with van der Waals surface area (Å²) in [6.45, 7) is -0.420. The molecule has 0 unspecified atom stereocenters. The van der Waals surface area contributed by atoms with Gasteiger partial charge in [-0.25, -0.2) is 4.68 Å². The fraction of sp³-hybridized carbons (Fsp3) is 0.273. The summed E-state index contributed by atoms with van der Waals surface area (Å²) in [5.74, 6) is 0.104. The van der Waals surface area contributed by atoms with Gasteiger partial charge in [-0.3, -0.25) is 0 Å². The first-order chi connectivity index (χ1) is 9.15. The van der Waals surface area contributed by atoms with E-state index in [0.29, 0.717) is 22.9 Å². The molecule has 0 atom stereocenters. The standard InChI is InChI=1S/C11H12N4O4/c1-18-8-4-3-7(5-9(8)19-2)11-12-13-14-15(11)6-10(16)17/h3-5H,6H2,1-2H3,(H,16,17)/p-1. The molecule has 0 fully saturated rings. The molecule has 0 N–H and O–H groups in total. The van der Waals surface area contributed by atoms with Crippen molar-refractivity contribution in [1.29, 1.82) is 0 Å². The molecule has 8 heteroatoms. The summed E-state index contributed by atoms with van der Waals surface area (Å²) >= 11 is 0. The van der Waals surface area contributed by atoms with Crippen LogP contribution in [0.5, 0.6) is 11.5 Å². The van der Waals surface area contributed by atoms with Crippen LogP contribution in [0.25, 0.3) is 11.4 Å². The molecule has 100 valence electrons. The van der Waals surface area contributed by atoms with Gasteiger partial charge < -0.3 is 19.4 Å². The minimum atomic E-state index is -1.27. The molecule has 1 heterocycles. The highest BCUT2D eigenvalue weighted by atomic mass is 16.5. The van der Waals surface area contributed by atoms with E-state index in [1.807, 2.05) is 0 Å². The number of carbonyl (C=O) groups is 1. The van der Waals surface area contributed by atoms with Crippen molar-refractivity contribution < 1.29 is 19.4 Å². The van der Waals surface area contributed by atoms with Gasteiger partial charge in [-0.2, -0.15) is 0 Å². The number of carbonyl (C=O) groups excluding carboxylic acids is 1. The lowest BCUT2D eigenvalue weighted by Crippen LogP contribution is -2.28. The molecule has 0 spiro atoms. The van der Waals surface area contributed by atoms with Crippen molar-refractivity contribution in [3.63, 3.8) is 0 Å². The maximum Gasteiger partial charge on any atom is 0.182 e. The van der Waals surface area contributed by atoms with Crippen molar-refractivity contribution in [1.82, 2.24) is 20.2 Å². The molecule has 8 nitrogen and oxygen atoms in total. The minimum absolute atomic E-state index is 0.310. The molecule has 2 rings (SSSR count). The Balaban J connectivity index is 2.42. The highest BCUT2D eigenvalue weighted by Gasteiger charge is 2.12. The summed E-state index contributed by atoms with van der Waals surface area (Å²) < 4.78 is 11.4. The SMILES string of the molecule is COc1ccc(-c2nnnn2CC(=O)[O-])cc1OC. The number of hydrogen-bond donors (Lipinski definition) is 0. The molecule has 0 aliphatic carbocycles. The fourth-order valence-corrected chi connectivity index (χ4v) is 1.62. The summed E-state index contributed by atoms with van der Waals surface area (Å²) in [4.78, 5) is 10.6. The molecule has 0 bridgehead atoms. The summed E-state index contributed by atoms with van der Waals surface area (Å²) in [7, 11) is 3.03. The molecule has 0 aliphatic rings.